The lowest BCUT2D eigenvalue weighted by Crippen LogP contribution is -2.52. The molecule has 0 fully saturated rings. The number of halogens is 2. The average Bonchev–Trinajstić information content (AvgIpc) is 2.87. The Labute approximate surface area is 222 Å². The average molecular weight is 527 g/mol. The van der Waals surface area contributed by atoms with Crippen molar-refractivity contribution in [1.29, 1.82) is 0 Å². The second-order valence-electron chi connectivity index (χ2n) is 8.76. The van der Waals surface area contributed by atoms with Crippen molar-refractivity contribution >= 4 is 35.2 Å². The summed E-state index contributed by atoms with van der Waals surface area (Å²) in [7, 11) is 0. The fraction of sp³-hybridized carbons (Fsp3) is 0.310. The molecule has 3 rings (SSSR count). The number of thioether (sulfide) groups is 1. The lowest BCUT2D eigenvalue weighted by atomic mass is 10.0. The normalized spacial score (nSPS) is 12.6. The Bertz CT molecular complexity index is 1140. The Balaban J connectivity index is 1.86. The monoisotopic (exact) mass is 526 g/mol. The van der Waals surface area contributed by atoms with E-state index in [9.17, 15) is 14.0 Å². The summed E-state index contributed by atoms with van der Waals surface area (Å²) in [6, 6.07) is 22.8. The van der Waals surface area contributed by atoms with Gasteiger partial charge in [0.15, 0.2) is 0 Å². The first-order chi connectivity index (χ1) is 17.4. The van der Waals surface area contributed by atoms with Crippen LogP contribution in [0.1, 0.15) is 37.0 Å². The molecule has 2 amide bonds. The SMILES string of the molecule is CC[C@H](C)NC(=O)[C@H](Cc1ccccc1)N(Cc1cccc(Cl)c1)C(=O)CSCc1ccccc1F. The summed E-state index contributed by atoms with van der Waals surface area (Å²) >= 11 is 7.55. The molecule has 1 N–H and O–H groups in total. The van der Waals surface area contributed by atoms with E-state index in [-0.39, 0.29) is 36.0 Å². The molecule has 3 aromatic carbocycles. The van der Waals surface area contributed by atoms with Crippen LogP contribution in [0.4, 0.5) is 4.39 Å². The summed E-state index contributed by atoms with van der Waals surface area (Å²) in [6.45, 7) is 4.20. The Hall–Kier alpha value is -2.83. The van der Waals surface area contributed by atoms with Crippen LogP contribution in [0.2, 0.25) is 5.02 Å². The number of nitrogens with zero attached hydrogens (tertiary/aromatic N) is 1. The number of carbonyl (C=O) groups is 2. The molecule has 0 bridgehead atoms. The van der Waals surface area contributed by atoms with Crippen molar-refractivity contribution in [1.82, 2.24) is 10.2 Å². The predicted molar refractivity (Wildman–Crippen MR) is 146 cm³/mol. The zero-order valence-electron chi connectivity index (χ0n) is 20.6. The molecule has 0 saturated carbocycles. The molecule has 0 radical (unpaired) electrons. The van der Waals surface area contributed by atoms with Gasteiger partial charge in [-0.15, -0.1) is 11.8 Å². The highest BCUT2D eigenvalue weighted by Crippen LogP contribution is 2.21. The van der Waals surface area contributed by atoms with Crippen LogP contribution < -0.4 is 5.32 Å². The minimum atomic E-state index is -0.707. The molecule has 7 heteroatoms. The fourth-order valence-corrected chi connectivity index (χ4v) is 4.88. The lowest BCUT2D eigenvalue weighted by molar-refractivity contribution is -0.139. The van der Waals surface area contributed by atoms with Gasteiger partial charge in [0.05, 0.1) is 5.75 Å². The van der Waals surface area contributed by atoms with Crippen molar-refractivity contribution in [3.05, 3.63) is 106 Å². The Kier molecular flexibility index (Phi) is 10.8. The van der Waals surface area contributed by atoms with E-state index in [2.05, 4.69) is 5.32 Å². The van der Waals surface area contributed by atoms with Gasteiger partial charge in [0.1, 0.15) is 11.9 Å². The van der Waals surface area contributed by atoms with Gasteiger partial charge in [-0.2, -0.15) is 0 Å². The molecule has 0 saturated heterocycles. The third-order valence-corrected chi connectivity index (χ3v) is 7.16. The van der Waals surface area contributed by atoms with Crippen LogP contribution in [-0.4, -0.2) is 34.6 Å². The van der Waals surface area contributed by atoms with E-state index < -0.39 is 6.04 Å². The Morgan fingerprint density at radius 3 is 2.39 bits per heavy atom. The molecule has 0 spiro atoms. The van der Waals surface area contributed by atoms with Crippen molar-refractivity contribution in [2.45, 2.75) is 51.1 Å². The zero-order chi connectivity index (χ0) is 25.9. The van der Waals surface area contributed by atoms with Crippen LogP contribution in [0.5, 0.6) is 0 Å². The van der Waals surface area contributed by atoms with Gasteiger partial charge in [-0.25, -0.2) is 4.39 Å². The summed E-state index contributed by atoms with van der Waals surface area (Å²) in [6.07, 6.45) is 1.16. The molecule has 4 nitrogen and oxygen atoms in total. The van der Waals surface area contributed by atoms with Gasteiger partial charge in [0, 0.05) is 29.8 Å². The van der Waals surface area contributed by atoms with Crippen LogP contribution in [-0.2, 0) is 28.3 Å². The summed E-state index contributed by atoms with van der Waals surface area (Å²) < 4.78 is 14.1. The van der Waals surface area contributed by atoms with Crippen LogP contribution in [0.3, 0.4) is 0 Å². The molecule has 190 valence electrons. The molecule has 2 atom stereocenters. The quantitative estimate of drug-likeness (QED) is 0.303. The van der Waals surface area contributed by atoms with E-state index in [0.29, 0.717) is 22.8 Å². The molecule has 0 aliphatic rings. The molecule has 0 aliphatic carbocycles. The van der Waals surface area contributed by atoms with Gasteiger partial charge in [0.25, 0.3) is 0 Å². The van der Waals surface area contributed by atoms with Crippen molar-refractivity contribution in [3.8, 4) is 0 Å². The Morgan fingerprint density at radius 1 is 1.00 bits per heavy atom. The fourth-order valence-electron chi connectivity index (χ4n) is 3.77. The first-order valence-electron chi connectivity index (χ1n) is 12.1. The number of carbonyl (C=O) groups excluding carboxylic acids is 2. The summed E-state index contributed by atoms with van der Waals surface area (Å²) in [5, 5.41) is 3.62. The van der Waals surface area contributed by atoms with Crippen LogP contribution >= 0.6 is 23.4 Å². The first-order valence-corrected chi connectivity index (χ1v) is 13.6. The van der Waals surface area contributed by atoms with Gasteiger partial charge < -0.3 is 10.2 Å². The number of amides is 2. The van der Waals surface area contributed by atoms with E-state index in [4.69, 9.17) is 11.6 Å². The van der Waals surface area contributed by atoms with E-state index in [1.807, 2.05) is 56.3 Å². The molecule has 0 aliphatic heterocycles. The number of benzene rings is 3. The van der Waals surface area contributed by atoms with E-state index in [1.54, 1.807) is 35.2 Å². The standard InChI is InChI=1S/C29H32ClFN2O2S/c1-3-21(2)32-29(35)27(17-22-10-5-4-6-11-22)33(18-23-12-9-14-25(30)16-23)28(34)20-36-19-24-13-7-8-15-26(24)31/h4-16,21,27H,3,17-20H2,1-2H3,(H,32,35)/t21-,27-/m0/s1. The topological polar surface area (TPSA) is 49.4 Å². The van der Waals surface area contributed by atoms with Crippen LogP contribution in [0, 0.1) is 5.82 Å². The maximum absolute atomic E-state index is 14.1. The summed E-state index contributed by atoms with van der Waals surface area (Å²) in [4.78, 5) is 28.7. The maximum Gasteiger partial charge on any atom is 0.243 e. The second kappa shape index (κ2) is 14.0. The molecule has 0 aromatic heterocycles. The molecule has 0 unspecified atom stereocenters. The first kappa shape index (κ1) is 27.8. The third-order valence-electron chi connectivity index (χ3n) is 5.96. The molecular formula is C29H32ClFN2O2S. The lowest BCUT2D eigenvalue weighted by Gasteiger charge is -2.32. The minimum Gasteiger partial charge on any atom is -0.352 e. The minimum absolute atomic E-state index is 0.0191. The van der Waals surface area contributed by atoms with Crippen molar-refractivity contribution in [3.63, 3.8) is 0 Å². The Morgan fingerprint density at radius 2 is 1.69 bits per heavy atom. The molecular weight excluding hydrogens is 495 g/mol. The smallest absolute Gasteiger partial charge is 0.243 e. The van der Waals surface area contributed by atoms with Crippen molar-refractivity contribution in [2.24, 2.45) is 0 Å². The second-order valence-corrected chi connectivity index (χ2v) is 10.2. The molecule has 3 aromatic rings. The van der Waals surface area contributed by atoms with Gasteiger partial charge in [-0.1, -0.05) is 79.2 Å². The molecule has 36 heavy (non-hydrogen) atoms. The molecule has 0 heterocycles. The highest BCUT2D eigenvalue weighted by Gasteiger charge is 2.31. The number of rotatable bonds is 12. The van der Waals surface area contributed by atoms with Crippen molar-refractivity contribution < 1.29 is 14.0 Å². The number of hydrogen-bond acceptors (Lipinski definition) is 3. The number of hydrogen-bond donors (Lipinski definition) is 1. The highest BCUT2D eigenvalue weighted by atomic mass is 35.5. The van der Waals surface area contributed by atoms with Gasteiger partial charge in [0.2, 0.25) is 11.8 Å². The zero-order valence-corrected chi connectivity index (χ0v) is 22.2. The highest BCUT2D eigenvalue weighted by molar-refractivity contribution is 7.99. The van der Waals surface area contributed by atoms with Gasteiger partial charge in [-0.3, -0.25) is 9.59 Å². The third kappa shape index (κ3) is 8.38. The van der Waals surface area contributed by atoms with Crippen molar-refractivity contribution in [2.75, 3.05) is 5.75 Å². The number of nitrogens with one attached hydrogen (secondary N) is 1. The van der Waals surface area contributed by atoms with E-state index in [1.165, 1.54) is 17.8 Å². The van der Waals surface area contributed by atoms with Crippen LogP contribution in [0.15, 0.2) is 78.9 Å². The van der Waals surface area contributed by atoms with Crippen LogP contribution in [0.25, 0.3) is 0 Å². The van der Waals surface area contributed by atoms with E-state index >= 15 is 0 Å². The van der Waals surface area contributed by atoms with E-state index in [0.717, 1.165) is 17.5 Å². The maximum atomic E-state index is 14.1. The predicted octanol–water partition coefficient (Wildman–Crippen LogP) is 6.27. The summed E-state index contributed by atoms with van der Waals surface area (Å²) in [5.74, 6) is -0.176. The summed E-state index contributed by atoms with van der Waals surface area (Å²) in [5.41, 5.74) is 2.35. The van der Waals surface area contributed by atoms with Gasteiger partial charge >= 0.3 is 0 Å². The largest absolute Gasteiger partial charge is 0.352 e. The van der Waals surface area contributed by atoms with Gasteiger partial charge in [-0.05, 0) is 48.2 Å².